The van der Waals surface area contributed by atoms with E-state index in [1.54, 1.807) is 0 Å². The van der Waals surface area contributed by atoms with E-state index < -0.39 is 6.10 Å². The zero-order chi connectivity index (χ0) is 23.7. The van der Waals surface area contributed by atoms with Crippen LogP contribution in [0.3, 0.4) is 0 Å². The molecule has 0 aromatic carbocycles. The molecule has 0 spiro atoms. The summed E-state index contributed by atoms with van der Waals surface area (Å²) in [6.07, 6.45) is 22.1. The monoisotopic (exact) mass is 456 g/mol. The zero-order valence-electron chi connectivity index (χ0n) is 21.2. The average Bonchev–Trinajstić information content (AvgIpc) is 2.79. The first-order valence-corrected chi connectivity index (χ1v) is 13.6. The first-order chi connectivity index (χ1) is 15.6. The summed E-state index contributed by atoms with van der Waals surface area (Å²) >= 11 is 0. The van der Waals surface area contributed by atoms with Crippen molar-refractivity contribution in [3.8, 4) is 0 Å². The second-order valence-electron chi connectivity index (χ2n) is 9.18. The summed E-state index contributed by atoms with van der Waals surface area (Å²) in [6.45, 7) is 4.11. The highest BCUT2D eigenvalue weighted by Gasteiger charge is 2.11. The molecule has 0 radical (unpaired) electrons. The molecule has 0 fully saturated rings. The van der Waals surface area contributed by atoms with E-state index in [0.29, 0.717) is 12.8 Å². The maximum absolute atomic E-state index is 11.8. The Hall–Kier alpha value is -1.10. The Kier molecular flexibility index (Phi) is 23.7. The largest absolute Gasteiger partial charge is 0.463 e. The maximum atomic E-state index is 11.8. The van der Waals surface area contributed by atoms with Gasteiger partial charge < -0.3 is 14.6 Å². The normalized spacial score (nSPS) is 12.0. The highest BCUT2D eigenvalue weighted by atomic mass is 16.6. The van der Waals surface area contributed by atoms with E-state index in [4.69, 9.17) is 9.47 Å². The van der Waals surface area contributed by atoms with Gasteiger partial charge in [0.05, 0.1) is 0 Å². The molecule has 0 saturated carbocycles. The summed E-state index contributed by atoms with van der Waals surface area (Å²) in [5, 5.41) is 9.77. The SMILES string of the molecule is CCCCCCCCCCCCCCCCCC(=O)OCC(O)COC(=O)CCCCC. The van der Waals surface area contributed by atoms with Gasteiger partial charge in [0.2, 0.25) is 0 Å². The Morgan fingerprint density at radius 1 is 0.531 bits per heavy atom. The van der Waals surface area contributed by atoms with Gasteiger partial charge >= 0.3 is 11.9 Å². The second kappa shape index (κ2) is 24.5. The highest BCUT2D eigenvalue weighted by Crippen LogP contribution is 2.14. The molecule has 0 aliphatic rings. The predicted molar refractivity (Wildman–Crippen MR) is 132 cm³/mol. The van der Waals surface area contributed by atoms with E-state index in [-0.39, 0.29) is 25.2 Å². The number of unbranched alkanes of at least 4 members (excludes halogenated alkanes) is 16. The van der Waals surface area contributed by atoms with Crippen LogP contribution in [0.5, 0.6) is 0 Å². The van der Waals surface area contributed by atoms with Gasteiger partial charge in [-0.25, -0.2) is 0 Å². The fraction of sp³-hybridized carbons (Fsp3) is 0.926. The van der Waals surface area contributed by atoms with Crippen molar-refractivity contribution in [3.05, 3.63) is 0 Å². The Morgan fingerprint density at radius 2 is 0.812 bits per heavy atom. The molecule has 32 heavy (non-hydrogen) atoms. The average molecular weight is 457 g/mol. The molecule has 1 N–H and O–H groups in total. The number of esters is 2. The van der Waals surface area contributed by atoms with Crippen LogP contribution in [0.25, 0.3) is 0 Å². The van der Waals surface area contributed by atoms with E-state index in [0.717, 1.165) is 32.1 Å². The van der Waals surface area contributed by atoms with Crippen LogP contribution in [0.4, 0.5) is 0 Å². The summed E-state index contributed by atoms with van der Waals surface area (Å²) in [6, 6.07) is 0. The van der Waals surface area contributed by atoms with Gasteiger partial charge in [0.15, 0.2) is 0 Å². The molecule has 0 bridgehead atoms. The van der Waals surface area contributed by atoms with Crippen molar-refractivity contribution in [2.45, 2.75) is 148 Å². The third kappa shape index (κ3) is 23.6. The van der Waals surface area contributed by atoms with Crippen molar-refractivity contribution in [2.24, 2.45) is 0 Å². The van der Waals surface area contributed by atoms with Crippen LogP contribution in [0, 0.1) is 0 Å². The summed E-state index contributed by atoms with van der Waals surface area (Å²) in [5.74, 6) is -0.588. The Bertz CT molecular complexity index is 424. The minimum atomic E-state index is -0.949. The fourth-order valence-corrected chi connectivity index (χ4v) is 3.73. The van der Waals surface area contributed by atoms with Crippen molar-refractivity contribution in [3.63, 3.8) is 0 Å². The van der Waals surface area contributed by atoms with Crippen LogP contribution in [0.15, 0.2) is 0 Å². The number of aliphatic hydroxyl groups is 1. The van der Waals surface area contributed by atoms with Gasteiger partial charge in [-0.15, -0.1) is 0 Å². The number of carbonyl (C=O) groups excluding carboxylic acids is 2. The number of ether oxygens (including phenoxy) is 2. The lowest BCUT2D eigenvalue weighted by molar-refractivity contribution is -0.152. The van der Waals surface area contributed by atoms with Crippen LogP contribution in [-0.2, 0) is 19.1 Å². The quantitative estimate of drug-likeness (QED) is 0.122. The number of hydrogen-bond donors (Lipinski definition) is 1. The molecule has 0 aromatic heterocycles. The van der Waals surface area contributed by atoms with Gasteiger partial charge in [-0.3, -0.25) is 9.59 Å². The summed E-state index contributed by atoms with van der Waals surface area (Å²) < 4.78 is 10.1. The Labute approximate surface area is 198 Å². The molecule has 0 saturated heterocycles. The van der Waals surface area contributed by atoms with Gasteiger partial charge in [0, 0.05) is 12.8 Å². The molecule has 0 heterocycles. The van der Waals surface area contributed by atoms with Crippen molar-refractivity contribution < 1.29 is 24.2 Å². The number of hydrogen-bond acceptors (Lipinski definition) is 5. The van der Waals surface area contributed by atoms with E-state index in [2.05, 4.69) is 13.8 Å². The molecule has 190 valence electrons. The van der Waals surface area contributed by atoms with Crippen LogP contribution in [-0.4, -0.2) is 36.4 Å². The molecule has 0 aliphatic carbocycles. The predicted octanol–water partition coefficient (Wildman–Crippen LogP) is 7.28. The molecular weight excluding hydrogens is 404 g/mol. The van der Waals surface area contributed by atoms with E-state index in [1.165, 1.54) is 83.5 Å². The number of rotatable bonds is 24. The van der Waals surface area contributed by atoms with Crippen molar-refractivity contribution in [1.82, 2.24) is 0 Å². The first-order valence-electron chi connectivity index (χ1n) is 13.6. The van der Waals surface area contributed by atoms with Crippen LogP contribution in [0.1, 0.15) is 142 Å². The zero-order valence-corrected chi connectivity index (χ0v) is 21.2. The Morgan fingerprint density at radius 3 is 1.19 bits per heavy atom. The second-order valence-corrected chi connectivity index (χ2v) is 9.18. The first kappa shape index (κ1) is 30.9. The molecule has 0 aromatic rings. The molecule has 5 heteroatoms. The Balaban J connectivity index is 3.34. The summed E-state index contributed by atoms with van der Waals surface area (Å²) in [7, 11) is 0. The van der Waals surface area contributed by atoms with Crippen LogP contribution < -0.4 is 0 Å². The topological polar surface area (TPSA) is 72.8 Å². The van der Waals surface area contributed by atoms with Gasteiger partial charge in [0.25, 0.3) is 0 Å². The molecule has 1 unspecified atom stereocenters. The molecular formula is C27H52O5. The van der Waals surface area contributed by atoms with Gasteiger partial charge in [-0.1, -0.05) is 117 Å². The van der Waals surface area contributed by atoms with E-state index >= 15 is 0 Å². The number of aliphatic hydroxyl groups excluding tert-OH is 1. The van der Waals surface area contributed by atoms with Crippen LogP contribution >= 0.6 is 0 Å². The highest BCUT2D eigenvalue weighted by molar-refractivity contribution is 5.69. The van der Waals surface area contributed by atoms with E-state index in [9.17, 15) is 14.7 Å². The lowest BCUT2D eigenvalue weighted by Crippen LogP contribution is -2.25. The minimum Gasteiger partial charge on any atom is -0.463 e. The lowest BCUT2D eigenvalue weighted by atomic mass is 10.0. The summed E-state index contributed by atoms with van der Waals surface area (Å²) in [5.41, 5.74) is 0. The third-order valence-corrected chi connectivity index (χ3v) is 5.84. The third-order valence-electron chi connectivity index (χ3n) is 5.84. The lowest BCUT2D eigenvalue weighted by Gasteiger charge is -2.12. The maximum Gasteiger partial charge on any atom is 0.305 e. The van der Waals surface area contributed by atoms with Crippen molar-refractivity contribution >= 4 is 11.9 Å². The standard InChI is InChI=1S/C27H52O5/c1-3-5-7-8-9-10-11-12-13-14-15-16-17-18-20-22-27(30)32-24-25(28)23-31-26(29)21-19-6-4-2/h25,28H,3-24H2,1-2H3. The van der Waals surface area contributed by atoms with Gasteiger partial charge in [-0.05, 0) is 12.8 Å². The summed E-state index contributed by atoms with van der Waals surface area (Å²) in [4.78, 5) is 23.2. The van der Waals surface area contributed by atoms with Crippen molar-refractivity contribution in [1.29, 1.82) is 0 Å². The minimum absolute atomic E-state index is 0.111. The smallest absolute Gasteiger partial charge is 0.305 e. The van der Waals surface area contributed by atoms with Gasteiger partial charge in [0.1, 0.15) is 19.3 Å². The molecule has 1 atom stereocenters. The molecule has 0 amide bonds. The van der Waals surface area contributed by atoms with Gasteiger partial charge in [-0.2, -0.15) is 0 Å². The fourth-order valence-electron chi connectivity index (χ4n) is 3.73. The van der Waals surface area contributed by atoms with Crippen molar-refractivity contribution in [2.75, 3.05) is 13.2 Å². The molecule has 5 nitrogen and oxygen atoms in total. The number of carbonyl (C=O) groups is 2. The van der Waals surface area contributed by atoms with E-state index in [1.807, 2.05) is 0 Å². The van der Waals surface area contributed by atoms with Crippen LogP contribution in [0.2, 0.25) is 0 Å². The molecule has 0 aliphatic heterocycles. The molecule has 0 rings (SSSR count).